The Morgan fingerprint density at radius 3 is 2.36 bits per heavy atom. The van der Waals surface area contributed by atoms with E-state index in [0.717, 1.165) is 16.8 Å². The SMILES string of the molecule is O=c1ccn([C@H]2CC(O)=C(COP(=O)(O)OP(=O)(O)OP(=O)(O)O)O2)c(=O)[nH]1. The number of nitrogens with zero attached hydrogens (tertiary/aromatic N) is 1. The van der Waals surface area contributed by atoms with Crippen LogP contribution in [0.4, 0.5) is 0 Å². The van der Waals surface area contributed by atoms with Crippen LogP contribution in [0.3, 0.4) is 0 Å². The molecule has 0 saturated carbocycles. The molecule has 1 aliphatic heterocycles. The van der Waals surface area contributed by atoms with E-state index < -0.39 is 59.1 Å². The van der Waals surface area contributed by atoms with Gasteiger partial charge in [0, 0.05) is 12.3 Å². The molecule has 6 N–H and O–H groups in total. The summed E-state index contributed by atoms with van der Waals surface area (Å²) in [6.45, 7) is -0.996. The van der Waals surface area contributed by atoms with E-state index in [2.05, 4.69) is 13.1 Å². The molecule has 1 aromatic heterocycles. The Morgan fingerprint density at radius 2 is 1.79 bits per heavy atom. The van der Waals surface area contributed by atoms with Crippen LogP contribution in [0.2, 0.25) is 0 Å². The first-order chi connectivity index (χ1) is 12.7. The molecule has 3 atom stereocenters. The van der Waals surface area contributed by atoms with E-state index in [1.54, 1.807) is 0 Å². The third-order valence-electron chi connectivity index (χ3n) is 2.90. The van der Waals surface area contributed by atoms with Crippen LogP contribution in [0, 0.1) is 0 Å². The lowest BCUT2D eigenvalue weighted by Crippen LogP contribution is -2.31. The van der Waals surface area contributed by atoms with Crippen molar-refractivity contribution < 1.29 is 56.3 Å². The molecule has 158 valence electrons. The van der Waals surface area contributed by atoms with E-state index in [1.807, 2.05) is 4.98 Å². The van der Waals surface area contributed by atoms with E-state index in [4.69, 9.17) is 19.4 Å². The second-order valence-electron chi connectivity index (χ2n) is 5.03. The largest absolute Gasteiger partial charge is 0.508 e. The number of aliphatic hydroxyl groups excluding tert-OH is 1. The summed E-state index contributed by atoms with van der Waals surface area (Å²) in [4.78, 5) is 59.9. The number of aliphatic hydroxyl groups is 1. The van der Waals surface area contributed by atoms with E-state index in [9.17, 15) is 33.3 Å². The van der Waals surface area contributed by atoms with Crippen molar-refractivity contribution in [3.8, 4) is 0 Å². The summed E-state index contributed by atoms with van der Waals surface area (Å²) in [5.74, 6) is -0.966. The van der Waals surface area contributed by atoms with Gasteiger partial charge in [-0.3, -0.25) is 18.9 Å². The first kappa shape index (κ1) is 22.7. The van der Waals surface area contributed by atoms with Crippen molar-refractivity contribution >= 4 is 23.5 Å². The van der Waals surface area contributed by atoms with Crippen LogP contribution in [0.5, 0.6) is 0 Å². The zero-order chi connectivity index (χ0) is 21.3. The molecule has 1 aliphatic rings. The highest BCUT2D eigenvalue weighted by Gasteiger charge is 2.41. The normalized spacial score (nSPS) is 21.8. The van der Waals surface area contributed by atoms with Crippen LogP contribution in [-0.2, 0) is 31.6 Å². The fraction of sp³-hybridized carbons (Fsp3) is 0.333. The Labute approximate surface area is 154 Å². The lowest BCUT2D eigenvalue weighted by Gasteiger charge is -2.17. The van der Waals surface area contributed by atoms with Gasteiger partial charge >= 0.3 is 29.2 Å². The first-order valence-electron chi connectivity index (χ1n) is 6.85. The molecule has 19 heteroatoms. The second-order valence-corrected chi connectivity index (χ2v) is 9.45. The number of hydrogen-bond donors (Lipinski definition) is 6. The number of aromatic amines is 1. The van der Waals surface area contributed by atoms with Gasteiger partial charge in [-0.1, -0.05) is 0 Å². The molecular formula is C9H13N2O14P3. The molecule has 2 heterocycles. The maximum atomic E-state index is 11.7. The van der Waals surface area contributed by atoms with Gasteiger partial charge in [0.2, 0.25) is 0 Å². The number of hydrogen-bond acceptors (Lipinski definition) is 10. The number of aromatic nitrogens is 2. The average molecular weight is 466 g/mol. The second kappa shape index (κ2) is 8.05. The molecule has 16 nitrogen and oxygen atoms in total. The van der Waals surface area contributed by atoms with Crippen molar-refractivity contribution in [3.05, 3.63) is 44.6 Å². The minimum atomic E-state index is -5.68. The Morgan fingerprint density at radius 1 is 1.14 bits per heavy atom. The molecule has 0 aromatic carbocycles. The molecule has 0 saturated heterocycles. The van der Waals surface area contributed by atoms with Crippen LogP contribution in [0.1, 0.15) is 12.6 Å². The van der Waals surface area contributed by atoms with Crippen LogP contribution >= 0.6 is 23.5 Å². The zero-order valence-corrected chi connectivity index (χ0v) is 16.0. The number of phosphoric ester groups is 1. The van der Waals surface area contributed by atoms with E-state index in [1.165, 1.54) is 0 Å². The van der Waals surface area contributed by atoms with Gasteiger partial charge in [-0.15, -0.1) is 0 Å². The topological polar surface area (TPSA) is 244 Å². The summed E-state index contributed by atoms with van der Waals surface area (Å²) >= 11 is 0. The lowest BCUT2D eigenvalue weighted by atomic mass is 10.3. The predicted octanol–water partition coefficient (Wildman–Crippen LogP) is -0.432. The van der Waals surface area contributed by atoms with Gasteiger partial charge in [-0.2, -0.15) is 8.62 Å². The van der Waals surface area contributed by atoms with Crippen LogP contribution in [0.25, 0.3) is 0 Å². The quantitative estimate of drug-likeness (QED) is 0.266. The fourth-order valence-corrected chi connectivity index (χ4v) is 4.90. The van der Waals surface area contributed by atoms with Crippen molar-refractivity contribution in [3.63, 3.8) is 0 Å². The first-order valence-corrected chi connectivity index (χ1v) is 11.4. The maximum Gasteiger partial charge on any atom is 0.490 e. The van der Waals surface area contributed by atoms with Gasteiger partial charge in [0.05, 0.1) is 6.42 Å². The molecule has 0 radical (unpaired) electrons. The summed E-state index contributed by atoms with van der Waals surface area (Å²) in [7, 11) is -16.6. The summed E-state index contributed by atoms with van der Waals surface area (Å²) in [6, 6.07) is 1.01. The molecule has 28 heavy (non-hydrogen) atoms. The minimum Gasteiger partial charge on any atom is -0.508 e. The summed E-state index contributed by atoms with van der Waals surface area (Å²) in [6.07, 6.45) is -0.352. The van der Waals surface area contributed by atoms with Crippen molar-refractivity contribution in [2.45, 2.75) is 12.6 Å². The predicted molar refractivity (Wildman–Crippen MR) is 85.5 cm³/mol. The standard InChI is InChI=1S/C9H13N2O14P3/c12-5-3-8(11-2-1-7(13)10-9(11)14)23-6(5)4-22-27(18,19)25-28(20,21)24-26(15,16)17/h1-2,8,12H,3-4H2,(H,18,19)(H,20,21)(H,10,13,14)(H2,15,16,17)/t8-/m1/s1. The van der Waals surface area contributed by atoms with Crippen molar-refractivity contribution in [2.24, 2.45) is 0 Å². The van der Waals surface area contributed by atoms with Gasteiger partial charge in [0.25, 0.3) is 5.56 Å². The smallest absolute Gasteiger partial charge is 0.490 e. The van der Waals surface area contributed by atoms with Crippen molar-refractivity contribution in [1.82, 2.24) is 9.55 Å². The van der Waals surface area contributed by atoms with Gasteiger partial charge in [0.1, 0.15) is 12.4 Å². The Kier molecular flexibility index (Phi) is 6.53. The van der Waals surface area contributed by atoms with Crippen molar-refractivity contribution in [1.29, 1.82) is 0 Å². The van der Waals surface area contributed by atoms with Gasteiger partial charge in [0.15, 0.2) is 12.0 Å². The molecule has 1 aromatic rings. The van der Waals surface area contributed by atoms with Crippen LogP contribution < -0.4 is 11.2 Å². The molecule has 0 bridgehead atoms. The molecule has 2 unspecified atom stereocenters. The van der Waals surface area contributed by atoms with E-state index in [0.29, 0.717) is 0 Å². The molecule has 0 amide bonds. The van der Waals surface area contributed by atoms with Crippen molar-refractivity contribution in [2.75, 3.05) is 6.61 Å². The van der Waals surface area contributed by atoms with Crippen LogP contribution in [-0.4, -0.2) is 40.8 Å². The highest BCUT2D eigenvalue weighted by molar-refractivity contribution is 7.66. The third kappa shape index (κ3) is 6.50. The maximum absolute atomic E-state index is 11.7. The summed E-state index contributed by atoms with van der Waals surface area (Å²) in [5, 5.41) is 9.79. The summed E-state index contributed by atoms with van der Waals surface area (Å²) in [5.41, 5.74) is -1.54. The summed E-state index contributed by atoms with van der Waals surface area (Å²) < 4.78 is 50.7. The molecule has 0 aliphatic carbocycles. The number of phosphoric acid groups is 3. The molecular weight excluding hydrogens is 453 g/mol. The Balaban J connectivity index is 2.02. The Hall–Kier alpha value is -1.57. The number of rotatable bonds is 8. The third-order valence-corrected chi connectivity index (χ3v) is 6.69. The van der Waals surface area contributed by atoms with Gasteiger partial charge in [-0.25, -0.2) is 18.5 Å². The average Bonchev–Trinajstić information content (AvgIpc) is 2.82. The number of H-pyrrole nitrogens is 1. The highest BCUT2D eigenvalue weighted by atomic mass is 31.3. The van der Waals surface area contributed by atoms with Gasteiger partial charge in [-0.05, 0) is 0 Å². The van der Waals surface area contributed by atoms with E-state index >= 15 is 0 Å². The fourth-order valence-electron chi connectivity index (χ4n) is 1.92. The van der Waals surface area contributed by atoms with E-state index in [-0.39, 0.29) is 6.42 Å². The molecule has 2 rings (SSSR count). The molecule has 0 fully saturated rings. The Bertz CT molecular complexity index is 1030. The zero-order valence-electron chi connectivity index (χ0n) is 13.3. The lowest BCUT2D eigenvalue weighted by molar-refractivity contribution is 0.0570. The highest BCUT2D eigenvalue weighted by Crippen LogP contribution is 2.66. The molecule has 0 spiro atoms. The monoisotopic (exact) mass is 466 g/mol. The van der Waals surface area contributed by atoms with Gasteiger partial charge < -0.3 is 29.4 Å². The minimum absolute atomic E-state index is 0.291. The number of ether oxygens (including phenoxy) is 1. The van der Waals surface area contributed by atoms with Crippen LogP contribution in [0.15, 0.2) is 33.4 Å². The number of nitrogens with one attached hydrogen (secondary N) is 1.